The van der Waals surface area contributed by atoms with Gasteiger partial charge in [-0.3, -0.25) is 9.59 Å². The predicted molar refractivity (Wildman–Crippen MR) is 170 cm³/mol. The Morgan fingerprint density at radius 2 is 0.525 bits per heavy atom. The third-order valence-corrected chi connectivity index (χ3v) is 7.09. The maximum atomic E-state index is 10.3. The largest absolute Gasteiger partial charge is 0.481 e. The number of aliphatic carboxylic acids is 2. The van der Waals surface area contributed by atoms with Crippen LogP contribution in [0.4, 0.5) is 0 Å². The summed E-state index contributed by atoms with van der Waals surface area (Å²) in [6, 6.07) is 0. The van der Waals surface area contributed by atoms with Gasteiger partial charge in [0.2, 0.25) is 0 Å². The van der Waals surface area contributed by atoms with E-state index in [0.717, 1.165) is 25.7 Å². The Labute approximate surface area is 248 Å². The van der Waals surface area contributed by atoms with Crippen LogP contribution in [0, 0.1) is 0 Å². The first kappa shape index (κ1) is 43.3. The fraction of sp³-hybridized carbons (Fsp3) is 0.941. The van der Waals surface area contributed by atoms with Crippen LogP contribution in [-0.2, 0) is 9.59 Å². The molecule has 0 amide bonds. The molecular weight excluding hydrogens is 504 g/mol. The monoisotopic (exact) mass is 575 g/mol. The molecule has 4 N–H and O–H groups in total. The highest BCUT2D eigenvalue weighted by Gasteiger charge is 1.98. The van der Waals surface area contributed by atoms with E-state index in [0.29, 0.717) is 12.8 Å². The average molecular weight is 575 g/mol. The number of aliphatic hydroxyl groups is 2. The van der Waals surface area contributed by atoms with Crippen LogP contribution in [0.5, 0.6) is 0 Å². The van der Waals surface area contributed by atoms with E-state index in [1.165, 1.54) is 141 Å². The van der Waals surface area contributed by atoms with Gasteiger partial charge in [-0.1, -0.05) is 168 Å². The Morgan fingerprint density at radius 1 is 0.350 bits per heavy atom. The number of hydrogen-bond donors (Lipinski definition) is 4. The molecule has 0 unspecified atom stereocenters. The van der Waals surface area contributed by atoms with Crippen LogP contribution >= 0.6 is 0 Å². The number of carboxylic acids is 2. The normalized spacial score (nSPS) is 10.4. The molecule has 0 spiro atoms. The van der Waals surface area contributed by atoms with Gasteiger partial charge in [0.15, 0.2) is 0 Å². The van der Waals surface area contributed by atoms with Crippen LogP contribution in [0.1, 0.15) is 194 Å². The first-order valence-electron chi connectivity index (χ1n) is 17.1. The Hall–Kier alpha value is -1.14. The molecule has 6 heteroatoms. The molecule has 0 aliphatic carbocycles. The highest BCUT2D eigenvalue weighted by atomic mass is 16.4. The van der Waals surface area contributed by atoms with Crippen LogP contribution in [0.25, 0.3) is 0 Å². The molecule has 0 saturated heterocycles. The lowest BCUT2D eigenvalue weighted by Crippen LogP contribution is -1.93. The lowest BCUT2D eigenvalue weighted by molar-refractivity contribution is -0.138. The van der Waals surface area contributed by atoms with E-state index in [1.54, 1.807) is 0 Å². The number of hydrogen-bond acceptors (Lipinski definition) is 4. The smallest absolute Gasteiger partial charge is 0.303 e. The second-order valence-corrected chi connectivity index (χ2v) is 11.2. The zero-order valence-electron chi connectivity index (χ0n) is 26.8. The number of unbranched alkanes of at least 4 members (excludes halogenated alkanes) is 24. The molecule has 0 aromatic rings. The van der Waals surface area contributed by atoms with Gasteiger partial charge >= 0.3 is 11.9 Å². The predicted octanol–water partition coefficient (Wildman–Crippen LogP) is 10.1. The zero-order valence-corrected chi connectivity index (χ0v) is 26.8. The van der Waals surface area contributed by atoms with E-state index in [1.807, 2.05) is 0 Å². The van der Waals surface area contributed by atoms with Crippen molar-refractivity contribution < 1.29 is 30.0 Å². The van der Waals surface area contributed by atoms with Crippen molar-refractivity contribution in [3.63, 3.8) is 0 Å². The summed E-state index contributed by atoms with van der Waals surface area (Å²) in [6.45, 7) is 4.27. The van der Waals surface area contributed by atoms with Gasteiger partial charge in [0.25, 0.3) is 0 Å². The third kappa shape index (κ3) is 53.2. The Kier molecular flexibility index (Phi) is 45.8. The fourth-order valence-electron chi connectivity index (χ4n) is 4.59. The topological polar surface area (TPSA) is 115 Å². The van der Waals surface area contributed by atoms with Crippen molar-refractivity contribution in [1.29, 1.82) is 0 Å². The molecular formula is C34H70O6. The van der Waals surface area contributed by atoms with Crippen molar-refractivity contribution in [2.24, 2.45) is 0 Å². The molecule has 242 valence electrons. The lowest BCUT2D eigenvalue weighted by atomic mass is 10.0. The van der Waals surface area contributed by atoms with Crippen LogP contribution in [-0.4, -0.2) is 45.6 Å². The van der Waals surface area contributed by atoms with E-state index in [4.69, 9.17) is 20.4 Å². The summed E-state index contributed by atoms with van der Waals surface area (Å²) in [5, 5.41) is 32.2. The highest BCUT2D eigenvalue weighted by molar-refractivity contribution is 5.66. The van der Waals surface area contributed by atoms with Gasteiger partial charge < -0.3 is 20.4 Å². The molecule has 6 nitrogen and oxygen atoms in total. The quantitative estimate of drug-likeness (QED) is 0.0661. The van der Waals surface area contributed by atoms with Crippen LogP contribution in [0.3, 0.4) is 0 Å². The minimum atomic E-state index is -0.655. The molecule has 0 bridgehead atoms. The van der Waals surface area contributed by atoms with E-state index >= 15 is 0 Å². The average Bonchev–Trinajstić information content (AvgIpc) is 2.94. The van der Waals surface area contributed by atoms with Gasteiger partial charge in [-0.15, -0.1) is 0 Å². The van der Waals surface area contributed by atoms with E-state index in [2.05, 4.69) is 13.8 Å². The molecule has 0 aromatic carbocycles. The van der Waals surface area contributed by atoms with Crippen molar-refractivity contribution in [2.45, 2.75) is 194 Å². The molecule has 0 rings (SSSR count). The van der Waals surface area contributed by atoms with Crippen LogP contribution in [0.2, 0.25) is 0 Å². The Balaban J connectivity index is -0.000000603. The Bertz CT molecular complexity index is 427. The molecule has 0 aromatic heterocycles. The van der Waals surface area contributed by atoms with Crippen LogP contribution < -0.4 is 0 Å². The van der Waals surface area contributed by atoms with Gasteiger partial charge in [0.1, 0.15) is 0 Å². The number of aliphatic hydroxyl groups excluding tert-OH is 2. The summed E-state index contributed by atoms with van der Waals surface area (Å²) in [5.41, 5.74) is 0. The maximum Gasteiger partial charge on any atom is 0.303 e. The minimum Gasteiger partial charge on any atom is -0.481 e. The second-order valence-electron chi connectivity index (χ2n) is 11.2. The molecule has 40 heavy (non-hydrogen) atoms. The van der Waals surface area contributed by atoms with Crippen molar-refractivity contribution in [2.75, 3.05) is 13.2 Å². The summed E-state index contributed by atoms with van der Waals surface area (Å²) >= 11 is 0. The summed E-state index contributed by atoms with van der Waals surface area (Å²) in [6.07, 6.45) is 34.5. The lowest BCUT2D eigenvalue weighted by Gasteiger charge is -2.02. The molecule has 0 aliphatic heterocycles. The van der Waals surface area contributed by atoms with E-state index in [9.17, 15) is 9.59 Å². The number of carboxylic acid groups (broad SMARTS) is 2. The van der Waals surface area contributed by atoms with Crippen molar-refractivity contribution in [1.82, 2.24) is 0 Å². The van der Waals surface area contributed by atoms with Gasteiger partial charge in [-0.05, 0) is 12.8 Å². The molecule has 0 saturated carbocycles. The molecule has 0 fully saturated rings. The van der Waals surface area contributed by atoms with Gasteiger partial charge in [0, 0.05) is 12.8 Å². The Morgan fingerprint density at radius 3 is 0.675 bits per heavy atom. The number of rotatable bonds is 29. The molecule has 0 aliphatic rings. The zero-order chi connectivity index (χ0) is 30.4. The van der Waals surface area contributed by atoms with Gasteiger partial charge in [-0.2, -0.15) is 0 Å². The summed E-state index contributed by atoms with van der Waals surface area (Å²) in [7, 11) is 0. The van der Waals surface area contributed by atoms with E-state index in [-0.39, 0.29) is 13.2 Å². The van der Waals surface area contributed by atoms with Crippen molar-refractivity contribution in [3.8, 4) is 0 Å². The summed E-state index contributed by atoms with van der Waals surface area (Å²) < 4.78 is 0. The number of carbonyl (C=O) groups is 2. The maximum absolute atomic E-state index is 10.3. The first-order chi connectivity index (χ1) is 19.5. The SMILES string of the molecule is CCCCCCCCCCCCCCCC(=O)O.CCCCCCCCCCCCCCCC(=O)O.OCCO. The first-order valence-corrected chi connectivity index (χ1v) is 17.1. The van der Waals surface area contributed by atoms with Gasteiger partial charge in [-0.25, -0.2) is 0 Å². The molecule has 0 radical (unpaired) electrons. The second kappa shape index (κ2) is 42.3. The molecule has 0 atom stereocenters. The summed E-state index contributed by atoms with van der Waals surface area (Å²) in [5.74, 6) is -1.31. The standard InChI is InChI=1S/2C16H32O2.C2H6O2/c2*1-2-3-4-5-6-7-8-9-10-11-12-13-14-15-16(17)18;3-1-2-4/h2*2-15H2,1H3,(H,17,18);3-4H,1-2H2. The van der Waals surface area contributed by atoms with Crippen molar-refractivity contribution in [3.05, 3.63) is 0 Å². The van der Waals surface area contributed by atoms with Crippen LogP contribution in [0.15, 0.2) is 0 Å². The van der Waals surface area contributed by atoms with Gasteiger partial charge in [0.05, 0.1) is 13.2 Å². The minimum absolute atomic E-state index is 0.125. The molecule has 0 heterocycles. The van der Waals surface area contributed by atoms with Crippen molar-refractivity contribution >= 4 is 11.9 Å². The fourth-order valence-corrected chi connectivity index (χ4v) is 4.59. The third-order valence-electron chi connectivity index (χ3n) is 7.09. The summed E-state index contributed by atoms with van der Waals surface area (Å²) in [4.78, 5) is 20.6. The van der Waals surface area contributed by atoms with E-state index < -0.39 is 11.9 Å². The highest BCUT2D eigenvalue weighted by Crippen LogP contribution is 2.14.